The van der Waals surface area contributed by atoms with E-state index in [9.17, 15) is 10.2 Å². The third-order valence-electron chi connectivity index (χ3n) is 2.97. The van der Waals surface area contributed by atoms with Gasteiger partial charge in [0.15, 0.2) is 11.6 Å². The molecule has 0 aliphatic carbocycles. The van der Waals surface area contributed by atoms with Gasteiger partial charge in [0.05, 0.1) is 11.1 Å². The van der Waals surface area contributed by atoms with Gasteiger partial charge in [0.1, 0.15) is 17.8 Å². The van der Waals surface area contributed by atoms with Crippen LogP contribution in [0.5, 0.6) is 11.5 Å². The molecule has 0 aliphatic heterocycles. The zero-order valence-corrected chi connectivity index (χ0v) is 12.5. The summed E-state index contributed by atoms with van der Waals surface area (Å²) in [5.74, 6) is 0.469. The number of aromatic hydroxyl groups is 2. The van der Waals surface area contributed by atoms with Crippen molar-refractivity contribution in [3.8, 4) is 34.3 Å². The summed E-state index contributed by atoms with van der Waals surface area (Å²) in [4.78, 5) is 12.3. The molecule has 2 N–H and O–H groups in total. The first kappa shape index (κ1) is 14.6. The summed E-state index contributed by atoms with van der Waals surface area (Å²) in [5, 5.41) is 20.7. The first-order valence-corrected chi connectivity index (χ1v) is 6.97. The fraction of sp³-hybridized carbons (Fsp3) is 0. The van der Waals surface area contributed by atoms with Gasteiger partial charge < -0.3 is 10.2 Å². The smallest absolute Gasteiger partial charge is 0.167 e. The lowest BCUT2D eigenvalue weighted by Gasteiger charge is -2.07. The second-order valence-corrected chi connectivity index (χ2v) is 5.33. The molecule has 0 saturated carbocycles. The van der Waals surface area contributed by atoms with Gasteiger partial charge in [0.25, 0.3) is 0 Å². The lowest BCUT2D eigenvalue weighted by atomic mass is 10.1. The molecular formula is C15H9Cl2N3O2. The van der Waals surface area contributed by atoms with Crippen LogP contribution >= 0.6 is 23.2 Å². The first-order valence-electron chi connectivity index (χ1n) is 6.21. The molecule has 22 heavy (non-hydrogen) atoms. The molecule has 0 atom stereocenters. The summed E-state index contributed by atoms with van der Waals surface area (Å²) < 4.78 is 0. The number of aromatic nitrogens is 3. The number of phenols is 2. The van der Waals surface area contributed by atoms with E-state index in [2.05, 4.69) is 15.0 Å². The second-order valence-electron chi connectivity index (χ2n) is 4.46. The van der Waals surface area contributed by atoms with Crippen molar-refractivity contribution in [1.29, 1.82) is 0 Å². The molecule has 3 rings (SSSR count). The number of rotatable bonds is 2. The van der Waals surface area contributed by atoms with E-state index >= 15 is 0 Å². The Morgan fingerprint density at radius 2 is 1.18 bits per heavy atom. The van der Waals surface area contributed by atoms with E-state index in [1.54, 1.807) is 24.3 Å². The van der Waals surface area contributed by atoms with Crippen molar-refractivity contribution in [1.82, 2.24) is 15.0 Å². The monoisotopic (exact) mass is 333 g/mol. The highest BCUT2D eigenvalue weighted by atomic mass is 35.5. The van der Waals surface area contributed by atoms with E-state index in [-0.39, 0.29) is 23.1 Å². The fourth-order valence-corrected chi connectivity index (χ4v) is 2.28. The quantitative estimate of drug-likeness (QED) is 0.742. The van der Waals surface area contributed by atoms with Crippen LogP contribution in [-0.4, -0.2) is 25.2 Å². The van der Waals surface area contributed by atoms with E-state index in [4.69, 9.17) is 23.2 Å². The molecule has 0 aliphatic rings. The zero-order chi connectivity index (χ0) is 15.7. The maximum Gasteiger partial charge on any atom is 0.167 e. The molecule has 0 fully saturated rings. The van der Waals surface area contributed by atoms with E-state index in [0.717, 1.165) is 0 Å². The van der Waals surface area contributed by atoms with Crippen molar-refractivity contribution >= 4 is 23.2 Å². The number of halogens is 2. The lowest BCUT2D eigenvalue weighted by molar-refractivity contribution is 0.477. The molecule has 110 valence electrons. The van der Waals surface area contributed by atoms with Crippen molar-refractivity contribution in [2.24, 2.45) is 0 Å². The van der Waals surface area contributed by atoms with Crippen LogP contribution in [0.4, 0.5) is 0 Å². The highest BCUT2D eigenvalue weighted by Crippen LogP contribution is 2.32. The van der Waals surface area contributed by atoms with Crippen molar-refractivity contribution in [3.63, 3.8) is 0 Å². The van der Waals surface area contributed by atoms with E-state index in [1.807, 2.05) is 0 Å². The third kappa shape index (κ3) is 2.81. The van der Waals surface area contributed by atoms with E-state index in [1.165, 1.54) is 18.5 Å². The van der Waals surface area contributed by atoms with Crippen LogP contribution in [-0.2, 0) is 0 Å². The van der Waals surface area contributed by atoms with Crippen LogP contribution in [0.15, 0.2) is 42.7 Å². The van der Waals surface area contributed by atoms with Crippen LogP contribution in [0.25, 0.3) is 22.8 Å². The molecule has 1 heterocycles. The van der Waals surface area contributed by atoms with Crippen LogP contribution in [0, 0.1) is 0 Å². The topological polar surface area (TPSA) is 79.1 Å². The Labute approximate surface area is 135 Å². The van der Waals surface area contributed by atoms with E-state index < -0.39 is 0 Å². The van der Waals surface area contributed by atoms with Gasteiger partial charge in [-0.05, 0) is 36.4 Å². The minimum absolute atomic E-state index is 0.0371. The average molecular weight is 334 g/mol. The SMILES string of the molecule is Oc1cc(Cl)ccc1-c1ncnc(-c2ccc(Cl)cc2O)n1. The minimum Gasteiger partial charge on any atom is -0.507 e. The molecule has 0 bridgehead atoms. The summed E-state index contributed by atoms with van der Waals surface area (Å²) in [6.07, 6.45) is 1.31. The van der Waals surface area contributed by atoms with Crippen molar-refractivity contribution in [3.05, 3.63) is 52.8 Å². The largest absolute Gasteiger partial charge is 0.507 e. The van der Waals surface area contributed by atoms with Crippen molar-refractivity contribution < 1.29 is 10.2 Å². The van der Waals surface area contributed by atoms with Gasteiger partial charge in [-0.15, -0.1) is 0 Å². The first-order chi connectivity index (χ1) is 10.5. The highest BCUT2D eigenvalue weighted by Gasteiger charge is 2.12. The Morgan fingerprint density at radius 3 is 1.59 bits per heavy atom. The number of hydrogen-bond acceptors (Lipinski definition) is 5. The Kier molecular flexibility index (Phi) is 3.83. The fourth-order valence-electron chi connectivity index (χ4n) is 1.94. The molecule has 0 saturated heterocycles. The Bertz CT molecular complexity index is 789. The van der Waals surface area contributed by atoms with Crippen molar-refractivity contribution in [2.45, 2.75) is 0 Å². The summed E-state index contributed by atoms with van der Waals surface area (Å²) >= 11 is 11.6. The minimum atomic E-state index is -0.0371. The number of hydrogen-bond donors (Lipinski definition) is 2. The van der Waals surface area contributed by atoms with Crippen LogP contribution in [0.2, 0.25) is 10.0 Å². The summed E-state index contributed by atoms with van der Waals surface area (Å²) in [7, 11) is 0. The van der Waals surface area contributed by atoms with Crippen LogP contribution in [0.1, 0.15) is 0 Å². The molecular weight excluding hydrogens is 325 g/mol. The zero-order valence-electron chi connectivity index (χ0n) is 11.0. The number of benzene rings is 2. The summed E-state index contributed by atoms with van der Waals surface area (Å²) in [5.41, 5.74) is 0.836. The molecule has 5 nitrogen and oxygen atoms in total. The van der Waals surface area contributed by atoms with Gasteiger partial charge in [0.2, 0.25) is 0 Å². The molecule has 0 spiro atoms. The Balaban J connectivity index is 2.10. The number of phenolic OH excluding ortho intramolecular Hbond substituents is 2. The van der Waals surface area contributed by atoms with Crippen LogP contribution < -0.4 is 0 Å². The van der Waals surface area contributed by atoms with Crippen LogP contribution in [0.3, 0.4) is 0 Å². The maximum atomic E-state index is 9.95. The molecule has 1 aromatic heterocycles. The van der Waals surface area contributed by atoms with Gasteiger partial charge >= 0.3 is 0 Å². The molecule has 0 unspecified atom stereocenters. The van der Waals surface area contributed by atoms with Gasteiger partial charge in [-0.25, -0.2) is 15.0 Å². The second kappa shape index (κ2) is 5.79. The number of nitrogens with zero attached hydrogens (tertiary/aromatic N) is 3. The predicted molar refractivity (Wildman–Crippen MR) is 84.0 cm³/mol. The van der Waals surface area contributed by atoms with E-state index in [0.29, 0.717) is 21.2 Å². The highest BCUT2D eigenvalue weighted by molar-refractivity contribution is 6.31. The standard InChI is InChI=1S/C15H9Cl2N3O2/c16-8-1-3-10(12(21)5-8)14-18-7-19-15(20-14)11-4-2-9(17)6-13(11)22/h1-7,21-22H. The van der Waals surface area contributed by atoms with Gasteiger partial charge in [-0.3, -0.25) is 0 Å². The molecule has 0 radical (unpaired) electrons. The average Bonchev–Trinajstić information content (AvgIpc) is 2.47. The lowest BCUT2D eigenvalue weighted by Crippen LogP contribution is -1.95. The molecule has 7 heteroatoms. The van der Waals surface area contributed by atoms with Gasteiger partial charge in [-0.2, -0.15) is 0 Å². The summed E-state index contributed by atoms with van der Waals surface area (Å²) in [6, 6.07) is 9.27. The van der Waals surface area contributed by atoms with Crippen molar-refractivity contribution in [2.75, 3.05) is 0 Å². The van der Waals surface area contributed by atoms with Gasteiger partial charge in [-0.1, -0.05) is 23.2 Å². The maximum absolute atomic E-state index is 9.95. The molecule has 0 amide bonds. The Morgan fingerprint density at radius 1 is 0.727 bits per heavy atom. The predicted octanol–water partition coefficient (Wildman–Crippen LogP) is 3.92. The molecule has 2 aromatic carbocycles. The molecule has 3 aromatic rings. The Hall–Kier alpha value is -2.37. The summed E-state index contributed by atoms with van der Waals surface area (Å²) in [6.45, 7) is 0. The normalized spacial score (nSPS) is 10.6. The third-order valence-corrected chi connectivity index (χ3v) is 3.44. The van der Waals surface area contributed by atoms with Gasteiger partial charge in [0, 0.05) is 10.0 Å².